The summed E-state index contributed by atoms with van der Waals surface area (Å²) in [7, 11) is -10.4. The Morgan fingerprint density at radius 2 is 0.497 bits per heavy atom. The summed E-state index contributed by atoms with van der Waals surface area (Å²) < 4.78 is 106. The van der Waals surface area contributed by atoms with E-state index in [9.17, 15) is 184 Å². The van der Waals surface area contributed by atoms with Crippen molar-refractivity contribution in [3.05, 3.63) is 131 Å². The molecule has 0 aliphatic carbocycles. The number of aliphatic carboxylic acids is 15. The lowest BCUT2D eigenvalue weighted by Gasteiger charge is -2.37. The Morgan fingerprint density at radius 1 is 0.269 bits per heavy atom. The topological polar surface area (TPSA) is 841 Å². The van der Waals surface area contributed by atoms with Gasteiger partial charge in [0.1, 0.15) is 87.8 Å². The first-order chi connectivity index (χ1) is 68.1. The van der Waals surface area contributed by atoms with E-state index in [0.29, 0.717) is 6.42 Å². The number of carbonyl (C=O) groups excluding carboxylic acids is 16. The van der Waals surface area contributed by atoms with Gasteiger partial charge < -0.3 is 196 Å². The number of nitrogens with zero attached hydrogens (tertiary/aromatic N) is 9. The first-order valence-corrected chi connectivity index (χ1v) is 47.0. The monoisotopic (exact) mass is 2080 g/mol. The van der Waals surface area contributed by atoms with Crippen LogP contribution in [0.4, 0.5) is 0 Å². The molecule has 5 rings (SSSR count). The quantitative estimate of drug-likeness (QED) is 0.0258. The van der Waals surface area contributed by atoms with Gasteiger partial charge in [0.05, 0.1) is 130 Å². The van der Waals surface area contributed by atoms with Gasteiger partial charge in [-0.05, 0) is 96.8 Å². The number of benzene rings is 5. The second-order valence-electron chi connectivity index (χ2n) is 32.2. The highest BCUT2D eigenvalue weighted by Gasteiger charge is 2.30. The van der Waals surface area contributed by atoms with Crippen molar-refractivity contribution in [2.24, 2.45) is 0 Å². The highest BCUT2D eigenvalue weighted by molar-refractivity contribution is 7.86. The zero-order valence-electron chi connectivity index (χ0n) is 78.7. The second-order valence-corrected chi connectivity index (χ2v) is 34.9. The van der Waals surface area contributed by atoms with Crippen LogP contribution >= 0.6 is 0 Å². The minimum absolute atomic E-state index is 0.0169. The molecular weight excluding hydrogens is 1980 g/mol. The van der Waals surface area contributed by atoms with E-state index in [0.717, 1.165) is 136 Å². The van der Waals surface area contributed by atoms with Crippen LogP contribution in [0.1, 0.15) is 91.9 Å². The molecule has 0 heterocycles. The van der Waals surface area contributed by atoms with Crippen LogP contribution in [0.15, 0.2) is 113 Å². The Kier molecular flexibility index (Phi) is 56.2. The molecule has 0 spiro atoms. The summed E-state index contributed by atoms with van der Waals surface area (Å²) in [5.74, 6) is -28.1. The first kappa shape index (κ1) is 125. The number of unbranched alkanes of at least 4 members (excludes halogenated alkanes) is 3. The third-order valence-corrected chi connectivity index (χ3v) is 22.1. The number of rotatable bonds is 76. The second kappa shape index (κ2) is 65.2. The van der Waals surface area contributed by atoms with Crippen molar-refractivity contribution in [3.8, 4) is 34.5 Å². The fourth-order valence-corrected chi connectivity index (χ4v) is 15.0. The van der Waals surface area contributed by atoms with E-state index in [2.05, 4.69) is 13.8 Å². The summed E-state index contributed by atoms with van der Waals surface area (Å²) in [5.41, 5.74) is 3.43. The molecule has 0 amide bonds. The Bertz CT molecular complexity index is 5250. The van der Waals surface area contributed by atoms with E-state index < -0.39 is 305 Å². The van der Waals surface area contributed by atoms with Gasteiger partial charge in [-0.2, -0.15) is 0 Å². The molecule has 5 aromatic carbocycles. The lowest BCUT2D eigenvalue weighted by molar-refractivity contribution is -0.314. The van der Waals surface area contributed by atoms with Crippen molar-refractivity contribution in [1.82, 2.24) is 44.1 Å². The molecule has 0 bridgehead atoms. The van der Waals surface area contributed by atoms with Crippen LogP contribution in [0.2, 0.25) is 0 Å². The zero-order valence-corrected chi connectivity index (χ0v) is 80.4. The smallest absolute Gasteiger partial charge is 0.137 e. The number of ether oxygens (including phenoxy) is 6. The van der Waals surface area contributed by atoms with Crippen LogP contribution in [0.25, 0.3) is 0 Å². The molecule has 0 fully saturated rings. The molecule has 145 heavy (non-hydrogen) atoms. The number of aryl methyl sites for hydroxylation is 2. The maximum Gasteiger partial charge on any atom is 0.137 e. The number of hydrogen-bond donors (Lipinski definition) is 0. The van der Waals surface area contributed by atoms with Gasteiger partial charge in [-0.3, -0.25) is 44.1 Å². The van der Waals surface area contributed by atoms with Gasteiger partial charge in [0.25, 0.3) is 0 Å². The van der Waals surface area contributed by atoms with Gasteiger partial charge in [0, 0.05) is 175 Å². The molecule has 0 aliphatic rings. The highest BCUT2D eigenvalue weighted by Crippen LogP contribution is 2.32. The molecule has 55 heteroatoms. The van der Waals surface area contributed by atoms with E-state index in [-0.39, 0.29) is 75.5 Å². The summed E-state index contributed by atoms with van der Waals surface area (Å²) >= 11 is 0. The van der Waals surface area contributed by atoms with Crippen LogP contribution in [0, 0.1) is 0 Å². The van der Waals surface area contributed by atoms with Crippen molar-refractivity contribution < 1.29 is 213 Å². The van der Waals surface area contributed by atoms with Gasteiger partial charge in [-0.1, -0.05) is 88.6 Å². The number of aromatic carboxylic acids is 1. The first-order valence-electron chi connectivity index (χ1n) is 44.2. The average Bonchev–Trinajstić information content (AvgIpc) is 0.817. The summed E-state index contributed by atoms with van der Waals surface area (Å²) in [6.45, 7) is -13.4. The van der Waals surface area contributed by atoms with Crippen molar-refractivity contribution in [1.29, 1.82) is 0 Å². The molecule has 0 N–H and O–H groups in total. The molecule has 0 saturated carbocycles. The van der Waals surface area contributed by atoms with E-state index in [1.165, 1.54) is 29.8 Å². The fourth-order valence-electron chi connectivity index (χ4n) is 13.8. The van der Waals surface area contributed by atoms with Gasteiger partial charge in [-0.25, -0.2) is 16.8 Å². The molecular formula is C90H105N9O44S2-18. The summed E-state index contributed by atoms with van der Waals surface area (Å²) in [4.78, 5) is 188. The largest absolute Gasteiger partial charge is 0.744 e. The van der Waals surface area contributed by atoms with Crippen LogP contribution in [0.3, 0.4) is 0 Å². The Labute approximate surface area is 831 Å². The van der Waals surface area contributed by atoms with Crippen molar-refractivity contribution >= 4 is 116 Å². The third-order valence-electron chi connectivity index (χ3n) is 20.4. The fraction of sp³-hybridized carbons (Fsp3) is 0.489. The summed E-state index contributed by atoms with van der Waals surface area (Å²) in [5, 5.41) is 182. The van der Waals surface area contributed by atoms with Gasteiger partial charge in [-0.15, -0.1) is 0 Å². The Balaban J connectivity index is 0.000000561. The predicted molar refractivity (Wildman–Crippen MR) is 455 cm³/mol. The molecule has 0 aromatic heterocycles. The lowest BCUT2D eigenvalue weighted by atomic mass is 10.1. The average molecular weight is 2080 g/mol. The van der Waals surface area contributed by atoms with Crippen LogP contribution in [0.5, 0.6) is 34.5 Å². The summed E-state index contributed by atoms with van der Waals surface area (Å²) in [6.07, 6.45) is 7.43. The third kappa shape index (κ3) is 54.2. The maximum atomic E-state index is 12.2. The minimum atomic E-state index is -5.22. The van der Waals surface area contributed by atoms with Crippen LogP contribution < -0.4 is 110 Å². The molecule has 0 radical (unpaired) electrons. The molecule has 0 aliphatic heterocycles. The molecule has 3 unspecified atom stereocenters. The molecule has 804 valence electrons. The molecule has 0 saturated heterocycles. The Hall–Kier alpha value is -14.1. The molecule has 3 atom stereocenters. The lowest BCUT2D eigenvalue weighted by Crippen LogP contribution is -2.56. The van der Waals surface area contributed by atoms with E-state index in [1.807, 2.05) is 55.5 Å². The van der Waals surface area contributed by atoms with Crippen LogP contribution in [-0.2, 0) is 118 Å². The van der Waals surface area contributed by atoms with E-state index in [1.54, 1.807) is 0 Å². The number of carbonyl (C=O) groups is 16. The maximum absolute atomic E-state index is 12.2. The van der Waals surface area contributed by atoms with Crippen LogP contribution in [-0.4, -0.2) is 367 Å². The minimum Gasteiger partial charge on any atom is -0.744 e. The summed E-state index contributed by atoms with van der Waals surface area (Å²) in [6, 6.07) is 21.6. The number of carboxylic acid groups (broad SMARTS) is 16. The van der Waals surface area contributed by atoms with Gasteiger partial charge in [0.2, 0.25) is 0 Å². The Morgan fingerprint density at radius 3 is 0.745 bits per heavy atom. The predicted octanol–water partition coefficient (Wildman–Crippen LogP) is -20.5. The molecule has 53 nitrogen and oxygen atoms in total. The van der Waals surface area contributed by atoms with Crippen molar-refractivity contribution in [3.63, 3.8) is 0 Å². The van der Waals surface area contributed by atoms with Gasteiger partial charge >= 0.3 is 0 Å². The zero-order chi connectivity index (χ0) is 109. The van der Waals surface area contributed by atoms with E-state index in [4.69, 9.17) is 28.4 Å². The number of hydrogen-bond acceptors (Lipinski definition) is 53. The highest BCUT2D eigenvalue weighted by atomic mass is 32.2. The number of carboxylic acids is 16. The normalized spacial score (nSPS) is 12.1. The van der Waals surface area contributed by atoms with E-state index >= 15 is 0 Å². The standard InChI is InChI=1S/C33H43N3O14.C32H43N3O15S.C25H37N3O15S/c1-2-3-4-22-5-7-23(8-6-22)20-49-25-9-10-27(26(13-25)33(47)48)50-21-24(36(18-31(43)44)19-32(45)46)14-34(15-28(37)38)11-12-35(16-29(39)40)17-30(41)42;1-2-3-4-22-5-7-23(8-6-22)20-49-25-9-10-26(27(13-25)51(46,47)48)50-21-24(35(18-31(42)43)19-32(44)45)14-33(15-28(36)37)11-12-34(16-29(38)39)17-30(40)41;1-2-3-8-42-18-4-5-19(20(9-18)44(39,40)41)43-16-17(28(14-24(35)36)15-25(37)38)10-26(11-21(29)30)6-7-27(12-22(31)32)13-23(33)34/h5-10,13,24H,2-4,11-12,14-21H2,1H3,(H,37,38)(H,39,40)(H,41,42)(H,43,44)(H,45,46)(H,47,48);5-10,13,24H,2-4,11-12,14-21H2,1H3,(H,36,37)(H,38,39)(H,40,41)(H,42,43)(H,44,45)(H,46,47,48);4-5,9,17H,2-3,6-8,10-16H2,1H3,(H,29,30)(H,31,32)(H,33,34)(H,35,36)(H,37,38)(H,39,40,41)/p-18. The van der Waals surface area contributed by atoms with Crippen molar-refractivity contribution in [2.45, 2.75) is 113 Å². The van der Waals surface area contributed by atoms with Gasteiger partial charge in [0.15, 0.2) is 0 Å². The SMILES string of the molecule is CCCCOc1ccc(OCC(CN(CCN(CC(=O)[O-])CC(=O)[O-])CC(=O)[O-])N(CC(=O)[O-])CC(=O)[O-])c(S(=O)(=O)[O-])c1.CCCCc1ccc(COc2ccc(OCC(CN(CCN(CC(=O)[O-])CC(=O)[O-])CC(=O)[O-])N(CC(=O)[O-])CC(=O)[O-])c(C(=O)[O-])c2)cc1.CCCCc1ccc(COc2ccc(OCC(CN(CCN(CC(=O)[O-])CC(=O)[O-])CC(=O)[O-])N(CC(=O)[O-])CC(=O)[O-])c(S(=O)(=O)[O-])c2)cc1. The molecule has 5 aromatic rings. The van der Waals surface area contributed by atoms with Crippen molar-refractivity contribution in [2.75, 3.05) is 184 Å².